The molecule has 1 N–H and O–H groups in total. The van der Waals surface area contributed by atoms with Crippen molar-refractivity contribution in [3.63, 3.8) is 0 Å². The van der Waals surface area contributed by atoms with E-state index in [1.165, 1.54) is 6.07 Å². The Morgan fingerprint density at radius 1 is 1.45 bits per heavy atom. The lowest BCUT2D eigenvalue weighted by molar-refractivity contribution is -0.133. The second-order valence-corrected chi connectivity index (χ2v) is 5.90. The second-order valence-electron chi connectivity index (χ2n) is 4.10. The first-order chi connectivity index (χ1) is 9.40. The third kappa shape index (κ3) is 3.01. The molecule has 1 heterocycles. The molecule has 106 valence electrons. The van der Waals surface area contributed by atoms with E-state index in [0.29, 0.717) is 21.1 Å². The van der Waals surface area contributed by atoms with Crippen LogP contribution in [0.2, 0.25) is 0 Å². The minimum absolute atomic E-state index is 0.129. The second kappa shape index (κ2) is 5.92. The number of carboxylic acids is 1. The molecule has 0 bridgehead atoms. The number of nitrogens with zero attached hydrogens (tertiary/aromatic N) is 3. The number of carbonyl (C=O) groups is 1. The van der Waals surface area contributed by atoms with Gasteiger partial charge in [0, 0.05) is 0 Å². The largest absolute Gasteiger partial charge is 0.481 e. The molecule has 0 unspecified atom stereocenters. The summed E-state index contributed by atoms with van der Waals surface area (Å²) in [6, 6.07) is 3.04. The molecule has 1 aromatic carbocycles. The number of aryl methyl sites for hydroxylation is 2. The van der Waals surface area contributed by atoms with Gasteiger partial charge in [0.05, 0.1) is 15.9 Å². The minimum Gasteiger partial charge on any atom is -0.481 e. The summed E-state index contributed by atoms with van der Waals surface area (Å²) < 4.78 is 15.8. The zero-order chi connectivity index (χ0) is 14.9. The number of aliphatic carboxylic acids is 1. The third-order valence-corrected chi connectivity index (χ3v) is 4.12. The Morgan fingerprint density at radius 3 is 2.80 bits per heavy atom. The van der Waals surface area contributed by atoms with Crippen molar-refractivity contribution in [2.75, 3.05) is 5.75 Å². The van der Waals surface area contributed by atoms with E-state index in [2.05, 4.69) is 26.1 Å². The molecule has 2 aromatic rings. The van der Waals surface area contributed by atoms with Gasteiger partial charge < -0.3 is 5.11 Å². The highest BCUT2D eigenvalue weighted by molar-refractivity contribution is 9.10. The monoisotopic (exact) mass is 359 g/mol. The number of hydrogen-bond donors (Lipinski definition) is 1. The van der Waals surface area contributed by atoms with Crippen LogP contribution >= 0.6 is 27.7 Å². The van der Waals surface area contributed by atoms with Crippen molar-refractivity contribution in [3.8, 4) is 5.69 Å². The van der Waals surface area contributed by atoms with E-state index in [0.717, 1.165) is 17.3 Å². The van der Waals surface area contributed by atoms with Crippen LogP contribution in [0.4, 0.5) is 4.39 Å². The molecule has 0 aliphatic rings. The fourth-order valence-electron chi connectivity index (χ4n) is 1.72. The van der Waals surface area contributed by atoms with Crippen LogP contribution in [0.25, 0.3) is 5.69 Å². The number of aromatic nitrogens is 3. The standard InChI is InChI=1S/C12H11BrFN3O2S/c1-6-3-8(13)9(14)4-10(6)17-7(2)15-16-12(17)20-5-11(18)19/h3-4H,5H2,1-2H3,(H,18,19). The van der Waals surface area contributed by atoms with Gasteiger partial charge in [-0.1, -0.05) is 11.8 Å². The maximum atomic E-state index is 13.7. The summed E-state index contributed by atoms with van der Waals surface area (Å²) in [5.41, 5.74) is 1.43. The van der Waals surface area contributed by atoms with Crippen LogP contribution in [0.5, 0.6) is 0 Å². The molecule has 8 heteroatoms. The predicted molar refractivity (Wildman–Crippen MR) is 76.9 cm³/mol. The first-order valence-corrected chi connectivity index (χ1v) is 7.40. The van der Waals surface area contributed by atoms with Crippen LogP contribution in [-0.4, -0.2) is 31.6 Å². The normalized spacial score (nSPS) is 10.8. The Bertz CT molecular complexity index is 675. The number of hydrogen-bond acceptors (Lipinski definition) is 4. The molecule has 0 atom stereocenters. The molecule has 0 fully saturated rings. The molecular weight excluding hydrogens is 349 g/mol. The molecule has 1 aromatic heterocycles. The van der Waals surface area contributed by atoms with Crippen LogP contribution in [0.1, 0.15) is 11.4 Å². The smallest absolute Gasteiger partial charge is 0.313 e. The summed E-state index contributed by atoms with van der Waals surface area (Å²) >= 11 is 4.18. The van der Waals surface area contributed by atoms with Crippen LogP contribution in [0.15, 0.2) is 21.8 Å². The van der Waals surface area contributed by atoms with Gasteiger partial charge in [-0.3, -0.25) is 9.36 Å². The molecule has 2 rings (SSSR count). The zero-order valence-electron chi connectivity index (χ0n) is 10.7. The number of benzene rings is 1. The van der Waals surface area contributed by atoms with Crippen molar-refractivity contribution >= 4 is 33.7 Å². The average Bonchev–Trinajstić information content (AvgIpc) is 2.73. The number of rotatable bonds is 4. The predicted octanol–water partition coefficient (Wildman–Crippen LogP) is 2.96. The number of thioether (sulfide) groups is 1. The van der Waals surface area contributed by atoms with E-state index in [1.807, 2.05) is 6.92 Å². The van der Waals surface area contributed by atoms with Gasteiger partial charge in [-0.05, 0) is 47.5 Å². The van der Waals surface area contributed by atoms with Gasteiger partial charge in [0.15, 0.2) is 5.16 Å². The summed E-state index contributed by atoms with van der Waals surface area (Å²) in [6.45, 7) is 3.57. The lowest BCUT2D eigenvalue weighted by Gasteiger charge is -2.12. The quantitative estimate of drug-likeness (QED) is 0.850. The van der Waals surface area contributed by atoms with Crippen molar-refractivity contribution in [1.29, 1.82) is 0 Å². The Kier molecular flexibility index (Phi) is 4.44. The van der Waals surface area contributed by atoms with Crippen LogP contribution in [0, 0.1) is 19.7 Å². The van der Waals surface area contributed by atoms with Crippen molar-refractivity contribution in [2.45, 2.75) is 19.0 Å². The van der Waals surface area contributed by atoms with Gasteiger partial charge in [-0.2, -0.15) is 0 Å². The molecule has 5 nitrogen and oxygen atoms in total. The van der Waals surface area contributed by atoms with Crippen LogP contribution in [0.3, 0.4) is 0 Å². The van der Waals surface area contributed by atoms with Crippen LogP contribution < -0.4 is 0 Å². The van der Waals surface area contributed by atoms with Gasteiger partial charge in [0.1, 0.15) is 11.6 Å². The highest BCUT2D eigenvalue weighted by Gasteiger charge is 2.16. The van der Waals surface area contributed by atoms with E-state index in [4.69, 9.17) is 5.11 Å². The van der Waals surface area contributed by atoms with Gasteiger partial charge in [0.25, 0.3) is 0 Å². The highest BCUT2D eigenvalue weighted by Crippen LogP contribution is 2.27. The molecule has 20 heavy (non-hydrogen) atoms. The van der Waals surface area contributed by atoms with E-state index >= 15 is 0 Å². The molecule has 0 radical (unpaired) electrons. The fraction of sp³-hybridized carbons (Fsp3) is 0.250. The van der Waals surface area contributed by atoms with E-state index in [1.54, 1.807) is 17.6 Å². The molecule has 0 amide bonds. The maximum Gasteiger partial charge on any atom is 0.313 e. The maximum absolute atomic E-state index is 13.7. The molecule has 0 saturated carbocycles. The molecular formula is C12H11BrFN3O2S. The molecule has 0 saturated heterocycles. The number of halogens is 2. The lowest BCUT2D eigenvalue weighted by Crippen LogP contribution is -2.05. The summed E-state index contributed by atoms with van der Waals surface area (Å²) in [5, 5.41) is 17.0. The summed E-state index contributed by atoms with van der Waals surface area (Å²) in [6.07, 6.45) is 0. The third-order valence-electron chi connectivity index (χ3n) is 2.60. The Labute approximate surface area is 127 Å². The molecule has 0 aliphatic carbocycles. The number of carboxylic acid groups (broad SMARTS) is 1. The van der Waals surface area contributed by atoms with Crippen molar-refractivity contribution in [1.82, 2.24) is 14.8 Å². The lowest BCUT2D eigenvalue weighted by atomic mass is 10.2. The summed E-state index contributed by atoms with van der Waals surface area (Å²) in [7, 11) is 0. The van der Waals surface area contributed by atoms with Crippen molar-refractivity contribution in [2.24, 2.45) is 0 Å². The topological polar surface area (TPSA) is 68.0 Å². The molecule has 0 spiro atoms. The van der Waals surface area contributed by atoms with Crippen LogP contribution in [-0.2, 0) is 4.79 Å². The van der Waals surface area contributed by atoms with E-state index < -0.39 is 11.8 Å². The Hall–Kier alpha value is -1.41. The minimum atomic E-state index is -0.944. The van der Waals surface area contributed by atoms with Gasteiger partial charge in [-0.25, -0.2) is 4.39 Å². The van der Waals surface area contributed by atoms with Crippen molar-refractivity contribution < 1.29 is 14.3 Å². The van der Waals surface area contributed by atoms with Crippen molar-refractivity contribution in [3.05, 3.63) is 33.8 Å². The first-order valence-electron chi connectivity index (χ1n) is 5.62. The zero-order valence-corrected chi connectivity index (χ0v) is 13.1. The SMILES string of the molecule is Cc1cc(Br)c(F)cc1-n1c(C)nnc1SCC(=O)O. The van der Waals surface area contributed by atoms with Gasteiger partial charge in [0.2, 0.25) is 0 Å². The first kappa shape index (κ1) is 15.0. The molecule has 0 aliphatic heterocycles. The average molecular weight is 360 g/mol. The van der Waals surface area contributed by atoms with E-state index in [-0.39, 0.29) is 5.75 Å². The van der Waals surface area contributed by atoms with Gasteiger partial charge in [-0.15, -0.1) is 10.2 Å². The fourth-order valence-corrected chi connectivity index (χ4v) is 2.89. The summed E-state index contributed by atoms with van der Waals surface area (Å²) in [5.74, 6) is -0.896. The summed E-state index contributed by atoms with van der Waals surface area (Å²) in [4.78, 5) is 10.6. The van der Waals surface area contributed by atoms with Gasteiger partial charge >= 0.3 is 5.97 Å². The Morgan fingerprint density at radius 2 is 2.15 bits per heavy atom. The van der Waals surface area contributed by atoms with E-state index in [9.17, 15) is 9.18 Å². The highest BCUT2D eigenvalue weighted by atomic mass is 79.9. The Balaban J connectivity index is 2.49.